The molecule has 0 radical (unpaired) electrons. The molecule has 0 amide bonds. The van der Waals surface area contributed by atoms with E-state index in [0.29, 0.717) is 11.8 Å². The van der Waals surface area contributed by atoms with Crippen LogP contribution in [0.15, 0.2) is 24.3 Å². The van der Waals surface area contributed by atoms with E-state index in [1.54, 1.807) is 0 Å². The number of benzene rings is 1. The predicted molar refractivity (Wildman–Crippen MR) is 78.8 cm³/mol. The van der Waals surface area contributed by atoms with E-state index >= 15 is 0 Å². The maximum absolute atomic E-state index is 9.95. The first-order chi connectivity index (χ1) is 7.86. The van der Waals surface area contributed by atoms with Gasteiger partial charge in [-0.2, -0.15) is 0 Å². The van der Waals surface area contributed by atoms with Crippen LogP contribution in [0.1, 0.15) is 18.1 Å². The maximum Gasteiger partial charge on any atom is 0.105 e. The van der Waals surface area contributed by atoms with Crippen LogP contribution in [0.4, 0.5) is 0 Å². The molecule has 0 aliphatic heterocycles. The summed E-state index contributed by atoms with van der Waals surface area (Å²) in [6.07, 6.45) is -0.938. The molecule has 0 bridgehead atoms. The van der Waals surface area contributed by atoms with Gasteiger partial charge in [0.05, 0.1) is 14.2 Å². The van der Waals surface area contributed by atoms with Crippen molar-refractivity contribution in [3.63, 3.8) is 0 Å². The molecule has 96 valence electrons. The van der Waals surface area contributed by atoms with E-state index in [1.165, 1.54) is 5.19 Å². The summed E-state index contributed by atoms with van der Waals surface area (Å²) in [5.74, 6) is 0. The fraction of sp³-hybridized carbons (Fsp3) is 0.538. The van der Waals surface area contributed by atoms with Crippen molar-refractivity contribution in [1.82, 2.24) is 0 Å². The molecule has 1 aromatic carbocycles. The lowest BCUT2D eigenvalue weighted by atomic mass is 10.0. The number of rotatable bonds is 5. The molecule has 17 heavy (non-hydrogen) atoms. The van der Waals surface area contributed by atoms with E-state index in [-0.39, 0.29) is 0 Å². The third kappa shape index (κ3) is 4.21. The largest absolute Gasteiger partial charge is 0.390 e. The Morgan fingerprint density at radius 3 is 2.06 bits per heavy atom. The minimum atomic E-state index is -1.29. The standard InChI is InChI=1S/C13H21BrO2Si/c1-17(2,3)11-6-4-10(5-7-11)13(16)12(15)8-9-14/h4-7,12-13,15-16H,8-9H2,1-3H3. The number of hydrogen-bond donors (Lipinski definition) is 2. The highest BCUT2D eigenvalue weighted by molar-refractivity contribution is 9.09. The van der Waals surface area contributed by atoms with Crippen LogP contribution in [0.3, 0.4) is 0 Å². The Kier molecular flexibility index (Phi) is 5.38. The van der Waals surface area contributed by atoms with Crippen LogP contribution < -0.4 is 5.19 Å². The molecule has 0 aliphatic rings. The van der Waals surface area contributed by atoms with E-state index in [1.807, 2.05) is 12.1 Å². The zero-order chi connectivity index (χ0) is 13.1. The van der Waals surface area contributed by atoms with Gasteiger partial charge in [-0.3, -0.25) is 0 Å². The highest BCUT2D eigenvalue weighted by Crippen LogP contribution is 2.19. The van der Waals surface area contributed by atoms with Gasteiger partial charge in [0.2, 0.25) is 0 Å². The summed E-state index contributed by atoms with van der Waals surface area (Å²) in [5, 5.41) is 21.7. The lowest BCUT2D eigenvalue weighted by Crippen LogP contribution is -2.37. The van der Waals surface area contributed by atoms with Crippen molar-refractivity contribution in [1.29, 1.82) is 0 Å². The highest BCUT2D eigenvalue weighted by atomic mass is 79.9. The van der Waals surface area contributed by atoms with Crippen LogP contribution in [-0.4, -0.2) is 29.7 Å². The number of alkyl halides is 1. The Morgan fingerprint density at radius 1 is 1.12 bits per heavy atom. The second-order valence-electron chi connectivity index (χ2n) is 5.36. The second kappa shape index (κ2) is 6.14. The lowest BCUT2D eigenvalue weighted by Gasteiger charge is -2.20. The molecule has 0 aliphatic carbocycles. The Morgan fingerprint density at radius 2 is 1.65 bits per heavy atom. The molecule has 2 unspecified atom stereocenters. The van der Waals surface area contributed by atoms with Gasteiger partial charge >= 0.3 is 0 Å². The average molecular weight is 317 g/mol. The molecule has 2 atom stereocenters. The summed E-state index contributed by atoms with van der Waals surface area (Å²) in [5.41, 5.74) is 0.792. The number of aliphatic hydroxyl groups is 2. The van der Waals surface area contributed by atoms with Crippen molar-refractivity contribution < 1.29 is 10.2 Å². The maximum atomic E-state index is 9.95. The van der Waals surface area contributed by atoms with Crippen LogP contribution in [0.2, 0.25) is 19.6 Å². The molecule has 0 spiro atoms. The molecule has 0 aromatic heterocycles. The SMILES string of the molecule is C[Si](C)(C)c1ccc(C(O)C(O)CCBr)cc1. The molecule has 0 heterocycles. The van der Waals surface area contributed by atoms with Gasteiger partial charge in [0, 0.05) is 5.33 Å². The fourth-order valence-corrected chi connectivity index (χ4v) is 3.31. The predicted octanol–water partition coefficient (Wildman–Crippen LogP) is 2.41. The average Bonchev–Trinajstić information content (AvgIpc) is 2.27. The van der Waals surface area contributed by atoms with E-state index < -0.39 is 20.3 Å². The number of aliphatic hydroxyl groups excluding tert-OH is 2. The lowest BCUT2D eigenvalue weighted by molar-refractivity contribution is 0.0174. The monoisotopic (exact) mass is 316 g/mol. The van der Waals surface area contributed by atoms with Crippen LogP contribution in [-0.2, 0) is 0 Å². The first kappa shape index (κ1) is 14.9. The van der Waals surface area contributed by atoms with Gasteiger partial charge in [-0.05, 0) is 12.0 Å². The minimum absolute atomic E-state index is 0.553. The van der Waals surface area contributed by atoms with Crippen molar-refractivity contribution in [2.75, 3.05) is 5.33 Å². The molecule has 2 N–H and O–H groups in total. The molecular weight excluding hydrogens is 296 g/mol. The van der Waals surface area contributed by atoms with Gasteiger partial charge in [-0.1, -0.05) is 65.0 Å². The van der Waals surface area contributed by atoms with Crippen molar-refractivity contribution in [3.8, 4) is 0 Å². The molecule has 2 nitrogen and oxygen atoms in total. The van der Waals surface area contributed by atoms with Gasteiger partial charge in [0.15, 0.2) is 0 Å². The Labute approximate surface area is 113 Å². The molecule has 0 saturated carbocycles. The van der Waals surface area contributed by atoms with Crippen molar-refractivity contribution in [2.24, 2.45) is 0 Å². The van der Waals surface area contributed by atoms with E-state index in [9.17, 15) is 10.2 Å². The summed E-state index contributed by atoms with van der Waals surface area (Å²) >= 11 is 3.26. The summed E-state index contributed by atoms with van der Waals surface area (Å²) in [6, 6.07) is 8.00. The molecule has 1 aromatic rings. The Balaban J connectivity index is 2.80. The molecule has 1 rings (SSSR count). The van der Waals surface area contributed by atoms with Gasteiger partial charge in [0.25, 0.3) is 0 Å². The molecule has 0 fully saturated rings. The normalized spacial score (nSPS) is 15.6. The van der Waals surface area contributed by atoms with Crippen molar-refractivity contribution in [3.05, 3.63) is 29.8 Å². The molecule has 4 heteroatoms. The first-order valence-electron chi connectivity index (χ1n) is 5.89. The summed E-state index contributed by atoms with van der Waals surface area (Å²) in [4.78, 5) is 0. The van der Waals surface area contributed by atoms with E-state index in [2.05, 4.69) is 47.7 Å². The number of halogens is 1. The number of hydrogen-bond acceptors (Lipinski definition) is 2. The van der Waals surface area contributed by atoms with Crippen LogP contribution in [0, 0.1) is 0 Å². The quantitative estimate of drug-likeness (QED) is 0.647. The summed E-state index contributed by atoms with van der Waals surface area (Å²) < 4.78 is 0. The Hall–Kier alpha value is -0.163. The minimum Gasteiger partial charge on any atom is -0.390 e. The second-order valence-corrected chi connectivity index (χ2v) is 11.2. The van der Waals surface area contributed by atoms with Crippen LogP contribution in [0.5, 0.6) is 0 Å². The zero-order valence-corrected chi connectivity index (χ0v) is 13.2. The summed E-state index contributed by atoms with van der Waals surface area (Å²) in [7, 11) is -1.29. The van der Waals surface area contributed by atoms with Crippen molar-refractivity contribution >= 4 is 29.2 Å². The third-order valence-electron chi connectivity index (χ3n) is 2.89. The Bertz CT molecular complexity index is 345. The van der Waals surface area contributed by atoms with E-state index in [4.69, 9.17) is 0 Å². The topological polar surface area (TPSA) is 40.5 Å². The van der Waals surface area contributed by atoms with Gasteiger partial charge < -0.3 is 10.2 Å². The highest BCUT2D eigenvalue weighted by Gasteiger charge is 2.20. The van der Waals surface area contributed by atoms with E-state index in [0.717, 1.165) is 5.56 Å². The fourth-order valence-electron chi connectivity index (χ4n) is 1.67. The summed E-state index contributed by atoms with van der Waals surface area (Å²) in [6.45, 7) is 6.87. The van der Waals surface area contributed by atoms with Crippen LogP contribution >= 0.6 is 15.9 Å². The third-order valence-corrected chi connectivity index (χ3v) is 5.41. The molecule has 0 saturated heterocycles. The molecular formula is C13H21BrO2Si. The van der Waals surface area contributed by atoms with Gasteiger partial charge in [-0.25, -0.2) is 0 Å². The smallest absolute Gasteiger partial charge is 0.105 e. The van der Waals surface area contributed by atoms with Gasteiger partial charge in [-0.15, -0.1) is 0 Å². The zero-order valence-electron chi connectivity index (χ0n) is 10.7. The van der Waals surface area contributed by atoms with Crippen molar-refractivity contribution in [2.45, 2.75) is 38.3 Å². The van der Waals surface area contributed by atoms with Gasteiger partial charge in [0.1, 0.15) is 6.10 Å². The first-order valence-corrected chi connectivity index (χ1v) is 10.5. The van der Waals surface area contributed by atoms with Crippen LogP contribution in [0.25, 0.3) is 0 Å².